The van der Waals surface area contributed by atoms with Crippen molar-refractivity contribution in [3.8, 4) is 5.69 Å². The van der Waals surface area contributed by atoms with E-state index in [0.29, 0.717) is 0 Å². The average Bonchev–Trinajstić information content (AvgIpc) is 2.23. The molecular weight excluding hydrogens is 268 g/mol. The van der Waals surface area contributed by atoms with Crippen LogP contribution in [0.1, 0.15) is 5.56 Å². The van der Waals surface area contributed by atoms with Crippen molar-refractivity contribution < 1.29 is 0 Å². The molecule has 2 aromatic rings. The van der Waals surface area contributed by atoms with E-state index < -0.39 is 0 Å². The first kappa shape index (κ1) is 11.0. The Morgan fingerprint density at radius 1 is 1.31 bits per heavy atom. The molecule has 0 bridgehead atoms. The molecule has 0 radical (unpaired) electrons. The third-order valence-corrected chi connectivity index (χ3v) is 2.73. The summed E-state index contributed by atoms with van der Waals surface area (Å²) in [6.45, 7) is 1.98. The van der Waals surface area contributed by atoms with E-state index >= 15 is 0 Å². The molecule has 0 aliphatic carbocycles. The van der Waals surface area contributed by atoms with Crippen LogP contribution in [-0.4, -0.2) is 4.57 Å². The first-order valence-electron chi connectivity index (χ1n) is 4.82. The summed E-state index contributed by atoms with van der Waals surface area (Å²) in [4.78, 5) is 11.8. The molecule has 0 amide bonds. The van der Waals surface area contributed by atoms with E-state index in [1.54, 1.807) is 12.3 Å². The van der Waals surface area contributed by atoms with Crippen LogP contribution in [-0.2, 0) is 0 Å². The average molecular weight is 279 g/mol. The number of pyridine rings is 1. The Morgan fingerprint density at radius 2 is 2.06 bits per heavy atom. The Labute approximate surface area is 102 Å². The lowest BCUT2D eigenvalue weighted by Gasteiger charge is -2.08. The summed E-state index contributed by atoms with van der Waals surface area (Å²) in [6.07, 6.45) is 1.72. The maximum absolute atomic E-state index is 11.8. The molecular formula is C12H11BrN2O. The van der Waals surface area contributed by atoms with Gasteiger partial charge >= 0.3 is 0 Å². The van der Waals surface area contributed by atoms with Crippen LogP contribution < -0.4 is 11.3 Å². The summed E-state index contributed by atoms with van der Waals surface area (Å²) >= 11 is 3.32. The molecule has 4 heteroatoms. The highest BCUT2D eigenvalue weighted by Gasteiger charge is 2.04. The van der Waals surface area contributed by atoms with Gasteiger partial charge in [-0.25, -0.2) is 0 Å². The highest BCUT2D eigenvalue weighted by molar-refractivity contribution is 9.10. The summed E-state index contributed by atoms with van der Waals surface area (Å²) in [6, 6.07) is 9.31. The summed E-state index contributed by atoms with van der Waals surface area (Å²) in [5.74, 6) is 0. The third-order valence-electron chi connectivity index (χ3n) is 2.29. The second-order valence-corrected chi connectivity index (χ2v) is 4.54. The van der Waals surface area contributed by atoms with Gasteiger partial charge in [-0.1, -0.05) is 12.1 Å². The van der Waals surface area contributed by atoms with Gasteiger partial charge in [-0.05, 0) is 46.6 Å². The van der Waals surface area contributed by atoms with Crippen LogP contribution in [0.2, 0.25) is 0 Å². The molecule has 3 nitrogen and oxygen atoms in total. The van der Waals surface area contributed by atoms with Gasteiger partial charge in [-0.2, -0.15) is 0 Å². The molecule has 82 valence electrons. The van der Waals surface area contributed by atoms with Gasteiger partial charge < -0.3 is 5.73 Å². The van der Waals surface area contributed by atoms with Gasteiger partial charge in [-0.15, -0.1) is 0 Å². The number of aromatic nitrogens is 1. The Hall–Kier alpha value is -1.55. The van der Waals surface area contributed by atoms with E-state index in [9.17, 15) is 4.79 Å². The zero-order chi connectivity index (χ0) is 11.7. The fraction of sp³-hybridized carbons (Fsp3) is 0.0833. The zero-order valence-corrected chi connectivity index (χ0v) is 10.4. The van der Waals surface area contributed by atoms with Crippen molar-refractivity contribution in [1.29, 1.82) is 0 Å². The van der Waals surface area contributed by atoms with Gasteiger partial charge in [0.1, 0.15) is 0 Å². The lowest BCUT2D eigenvalue weighted by molar-refractivity contribution is 0.986. The van der Waals surface area contributed by atoms with Gasteiger partial charge in [0.2, 0.25) is 0 Å². The SMILES string of the molecule is Cc1cccc(-n2cc(Br)cc(N)c2=O)c1. The Bertz CT molecular complexity index is 590. The molecule has 0 saturated heterocycles. The van der Waals surface area contributed by atoms with E-state index in [0.717, 1.165) is 15.7 Å². The topological polar surface area (TPSA) is 48.0 Å². The van der Waals surface area contributed by atoms with E-state index in [-0.39, 0.29) is 11.2 Å². The maximum atomic E-state index is 11.8. The van der Waals surface area contributed by atoms with Crippen LogP contribution >= 0.6 is 15.9 Å². The van der Waals surface area contributed by atoms with Crippen molar-refractivity contribution in [2.75, 3.05) is 5.73 Å². The first-order valence-corrected chi connectivity index (χ1v) is 5.62. The molecule has 0 fully saturated rings. The molecule has 1 aromatic carbocycles. The van der Waals surface area contributed by atoms with Crippen molar-refractivity contribution in [2.45, 2.75) is 6.92 Å². The van der Waals surface area contributed by atoms with Crippen molar-refractivity contribution in [3.63, 3.8) is 0 Å². The highest BCUT2D eigenvalue weighted by Crippen LogP contribution is 2.14. The zero-order valence-electron chi connectivity index (χ0n) is 8.77. The number of benzene rings is 1. The number of nitrogens with two attached hydrogens (primary N) is 1. The Morgan fingerprint density at radius 3 is 2.75 bits per heavy atom. The predicted octanol–water partition coefficient (Wildman–Crippen LogP) is 2.49. The van der Waals surface area contributed by atoms with E-state index in [1.165, 1.54) is 4.57 Å². The lowest BCUT2D eigenvalue weighted by atomic mass is 10.2. The number of hydrogen-bond donors (Lipinski definition) is 1. The second kappa shape index (κ2) is 4.14. The molecule has 16 heavy (non-hydrogen) atoms. The molecule has 1 heterocycles. The van der Waals surface area contributed by atoms with Crippen LogP contribution in [0.5, 0.6) is 0 Å². The van der Waals surface area contributed by atoms with Gasteiger partial charge in [0.25, 0.3) is 5.56 Å². The van der Waals surface area contributed by atoms with Gasteiger partial charge in [-0.3, -0.25) is 9.36 Å². The van der Waals surface area contributed by atoms with Crippen LogP contribution in [0.25, 0.3) is 5.69 Å². The standard InChI is InChI=1S/C12H11BrN2O/c1-8-3-2-4-10(5-8)15-7-9(13)6-11(14)12(15)16/h2-7H,14H2,1H3. The molecule has 0 spiro atoms. The van der Waals surface area contributed by atoms with Gasteiger partial charge in [0, 0.05) is 16.4 Å². The smallest absolute Gasteiger partial charge is 0.278 e. The van der Waals surface area contributed by atoms with Crippen LogP contribution in [0.4, 0.5) is 5.69 Å². The van der Waals surface area contributed by atoms with Crippen LogP contribution in [0.3, 0.4) is 0 Å². The van der Waals surface area contributed by atoms with E-state index in [4.69, 9.17) is 5.73 Å². The second-order valence-electron chi connectivity index (χ2n) is 3.63. The predicted molar refractivity (Wildman–Crippen MR) is 68.9 cm³/mol. The molecule has 1 aromatic heterocycles. The number of hydrogen-bond acceptors (Lipinski definition) is 2. The number of aryl methyl sites for hydroxylation is 1. The minimum Gasteiger partial charge on any atom is -0.394 e. The van der Waals surface area contributed by atoms with Gasteiger partial charge in [0.15, 0.2) is 0 Å². The Balaban J connectivity index is 2.69. The minimum absolute atomic E-state index is 0.200. The number of nitrogens with zero attached hydrogens (tertiary/aromatic N) is 1. The fourth-order valence-corrected chi connectivity index (χ4v) is 1.99. The van der Waals surface area contributed by atoms with Crippen molar-refractivity contribution in [1.82, 2.24) is 4.57 Å². The number of anilines is 1. The Kier molecular flexibility index (Phi) is 2.83. The number of nitrogen functional groups attached to an aromatic ring is 1. The van der Waals surface area contributed by atoms with Gasteiger partial charge in [0.05, 0.1) is 5.69 Å². The number of halogens is 1. The minimum atomic E-state index is -0.200. The lowest BCUT2D eigenvalue weighted by Crippen LogP contribution is -2.20. The normalized spacial score (nSPS) is 10.4. The fourth-order valence-electron chi connectivity index (χ4n) is 1.54. The summed E-state index contributed by atoms with van der Waals surface area (Å²) in [7, 11) is 0. The molecule has 0 aliphatic heterocycles. The number of rotatable bonds is 1. The molecule has 2 N–H and O–H groups in total. The summed E-state index contributed by atoms with van der Waals surface area (Å²) < 4.78 is 2.32. The molecule has 2 rings (SSSR count). The highest BCUT2D eigenvalue weighted by atomic mass is 79.9. The summed E-state index contributed by atoms with van der Waals surface area (Å²) in [5, 5.41) is 0. The van der Waals surface area contributed by atoms with Crippen LogP contribution in [0, 0.1) is 6.92 Å². The third kappa shape index (κ3) is 2.02. The molecule has 0 saturated carbocycles. The van der Waals surface area contributed by atoms with E-state index in [2.05, 4.69) is 15.9 Å². The quantitative estimate of drug-likeness (QED) is 0.871. The maximum Gasteiger partial charge on any atom is 0.278 e. The van der Waals surface area contributed by atoms with Crippen LogP contribution in [0.15, 0.2) is 45.8 Å². The molecule has 0 unspecified atom stereocenters. The van der Waals surface area contributed by atoms with Crippen molar-refractivity contribution in [3.05, 3.63) is 56.9 Å². The van der Waals surface area contributed by atoms with E-state index in [1.807, 2.05) is 31.2 Å². The van der Waals surface area contributed by atoms with Crippen molar-refractivity contribution >= 4 is 21.6 Å². The largest absolute Gasteiger partial charge is 0.394 e. The summed E-state index contributed by atoms with van der Waals surface area (Å²) in [5.41, 5.74) is 7.58. The first-order chi connectivity index (χ1) is 7.58. The van der Waals surface area contributed by atoms with Crippen molar-refractivity contribution in [2.24, 2.45) is 0 Å². The molecule has 0 aliphatic rings. The monoisotopic (exact) mass is 278 g/mol. The molecule has 0 atom stereocenters.